The molecule has 0 amide bonds. The molecule has 0 aromatic heterocycles. The molecule has 0 aliphatic rings. The van der Waals surface area contributed by atoms with E-state index in [-0.39, 0.29) is 0 Å². The van der Waals surface area contributed by atoms with Crippen LogP contribution in [0.15, 0.2) is 48.5 Å². The summed E-state index contributed by atoms with van der Waals surface area (Å²) in [5.41, 5.74) is 0. The van der Waals surface area contributed by atoms with Gasteiger partial charge in [0.05, 0.1) is 13.2 Å². The van der Waals surface area contributed by atoms with E-state index in [1.165, 1.54) is 176 Å². The van der Waals surface area contributed by atoms with Gasteiger partial charge in [-0.2, -0.15) is 0 Å². The topological polar surface area (TPSA) is 18.5 Å². The fraction of sp³-hybridized carbons (Fsp3) is 0.682. The Morgan fingerprint density at radius 3 is 0.761 bits per heavy atom. The van der Waals surface area contributed by atoms with Crippen LogP contribution < -0.4 is 9.47 Å². The highest BCUT2D eigenvalue weighted by atomic mass is 16.5. The molecular weight excluding hydrogens is 560 g/mol. The summed E-state index contributed by atoms with van der Waals surface area (Å²) in [6.07, 6.45) is 35.6. The third kappa shape index (κ3) is 15.1. The smallest absolute Gasteiger partial charge is 0.135 e. The first kappa shape index (κ1) is 38.2. The summed E-state index contributed by atoms with van der Waals surface area (Å²) in [4.78, 5) is 0. The van der Waals surface area contributed by atoms with E-state index in [9.17, 15) is 0 Å². The molecule has 0 fully saturated rings. The molecule has 258 valence electrons. The van der Waals surface area contributed by atoms with Gasteiger partial charge in [-0.1, -0.05) is 216 Å². The minimum absolute atomic E-state index is 0.783. The molecule has 0 aliphatic carbocycles. The minimum atomic E-state index is 0.783. The first-order valence-corrected chi connectivity index (χ1v) is 20.1. The van der Waals surface area contributed by atoms with Gasteiger partial charge in [0.1, 0.15) is 11.5 Å². The molecule has 0 aliphatic heterocycles. The maximum absolute atomic E-state index is 6.56. The lowest BCUT2D eigenvalue weighted by atomic mass is 10.0. The van der Waals surface area contributed by atoms with Gasteiger partial charge < -0.3 is 9.47 Å². The van der Waals surface area contributed by atoms with E-state index < -0.39 is 0 Å². The highest BCUT2D eigenvalue weighted by molar-refractivity contribution is 6.11. The van der Waals surface area contributed by atoms with Gasteiger partial charge in [-0.05, 0) is 12.8 Å². The SMILES string of the molecule is CCCCCCCCCCCCCCCOc1c2ccccc2c(OCCCCCCCCCCCCCCC)c2ccccc12. The summed E-state index contributed by atoms with van der Waals surface area (Å²) in [6.45, 7) is 6.16. The lowest BCUT2D eigenvalue weighted by molar-refractivity contribution is 0.306. The number of rotatable bonds is 30. The maximum atomic E-state index is 6.56. The zero-order valence-corrected chi connectivity index (χ0v) is 30.2. The molecular formula is C44H70O2. The Morgan fingerprint density at radius 2 is 0.522 bits per heavy atom. The van der Waals surface area contributed by atoms with Crippen LogP contribution in [0.25, 0.3) is 21.5 Å². The van der Waals surface area contributed by atoms with Gasteiger partial charge >= 0.3 is 0 Å². The quantitative estimate of drug-likeness (QED) is 0.0539. The predicted molar refractivity (Wildman–Crippen MR) is 204 cm³/mol. The summed E-state index contributed by atoms with van der Waals surface area (Å²) in [6, 6.07) is 17.4. The van der Waals surface area contributed by atoms with Crippen LogP contribution in [0, 0.1) is 0 Å². The second kappa shape index (κ2) is 25.8. The van der Waals surface area contributed by atoms with E-state index in [0.717, 1.165) is 37.6 Å². The minimum Gasteiger partial charge on any atom is -0.492 e. The molecule has 0 atom stereocenters. The van der Waals surface area contributed by atoms with Crippen LogP contribution in [0.2, 0.25) is 0 Å². The van der Waals surface area contributed by atoms with Crippen molar-refractivity contribution in [2.75, 3.05) is 13.2 Å². The molecule has 0 bridgehead atoms. The lowest BCUT2D eigenvalue weighted by Gasteiger charge is -2.18. The van der Waals surface area contributed by atoms with Crippen LogP contribution >= 0.6 is 0 Å². The molecule has 3 rings (SSSR count). The third-order valence-electron chi connectivity index (χ3n) is 9.82. The zero-order valence-electron chi connectivity index (χ0n) is 30.2. The number of unbranched alkanes of at least 4 members (excludes halogenated alkanes) is 24. The van der Waals surface area contributed by atoms with E-state index in [4.69, 9.17) is 9.47 Å². The van der Waals surface area contributed by atoms with Gasteiger partial charge in [0.15, 0.2) is 0 Å². The normalized spacial score (nSPS) is 11.5. The molecule has 0 heterocycles. The Hall–Kier alpha value is -2.22. The monoisotopic (exact) mass is 631 g/mol. The van der Waals surface area contributed by atoms with Crippen molar-refractivity contribution in [2.45, 2.75) is 181 Å². The average Bonchev–Trinajstić information content (AvgIpc) is 3.09. The van der Waals surface area contributed by atoms with E-state index in [1.54, 1.807) is 0 Å². The molecule has 2 nitrogen and oxygen atoms in total. The van der Waals surface area contributed by atoms with Crippen molar-refractivity contribution in [1.29, 1.82) is 0 Å². The van der Waals surface area contributed by atoms with Crippen LogP contribution in [0.3, 0.4) is 0 Å². The van der Waals surface area contributed by atoms with Crippen molar-refractivity contribution in [1.82, 2.24) is 0 Å². The maximum Gasteiger partial charge on any atom is 0.135 e. The van der Waals surface area contributed by atoms with Crippen molar-refractivity contribution >= 4 is 21.5 Å². The van der Waals surface area contributed by atoms with E-state index in [1.807, 2.05) is 0 Å². The first-order valence-electron chi connectivity index (χ1n) is 20.1. The average molecular weight is 631 g/mol. The molecule has 46 heavy (non-hydrogen) atoms. The molecule has 0 unspecified atom stereocenters. The second-order valence-electron chi connectivity index (χ2n) is 13.9. The standard InChI is InChI=1S/C44H70O2/c1-3-5-7-9-11-13-15-17-19-21-23-25-31-37-45-43-39-33-27-29-35-41(39)44(42-36-30-28-34-40(42)43)46-38-32-26-24-22-20-18-16-14-12-10-8-6-4-2/h27-30,33-36H,3-26,31-32,37-38H2,1-2H3. The zero-order chi connectivity index (χ0) is 32.3. The second-order valence-corrected chi connectivity index (χ2v) is 13.9. The van der Waals surface area contributed by atoms with E-state index >= 15 is 0 Å². The molecule has 2 heteroatoms. The Kier molecular flexibility index (Phi) is 21.5. The molecule has 0 radical (unpaired) electrons. The van der Waals surface area contributed by atoms with Crippen LogP contribution in [0.1, 0.15) is 181 Å². The number of ether oxygens (including phenoxy) is 2. The fourth-order valence-electron chi connectivity index (χ4n) is 6.95. The molecule has 0 spiro atoms. The largest absolute Gasteiger partial charge is 0.492 e. The molecule has 3 aromatic carbocycles. The Labute approximate surface area is 284 Å². The molecule has 0 N–H and O–H groups in total. The third-order valence-corrected chi connectivity index (χ3v) is 9.82. The van der Waals surface area contributed by atoms with Gasteiger partial charge in [0.25, 0.3) is 0 Å². The van der Waals surface area contributed by atoms with Gasteiger partial charge in [-0.25, -0.2) is 0 Å². The Morgan fingerprint density at radius 1 is 0.304 bits per heavy atom. The van der Waals surface area contributed by atoms with Crippen LogP contribution in [0.5, 0.6) is 11.5 Å². The highest BCUT2D eigenvalue weighted by Gasteiger charge is 2.15. The van der Waals surface area contributed by atoms with Crippen LogP contribution in [-0.2, 0) is 0 Å². The number of hydrogen-bond donors (Lipinski definition) is 0. The molecule has 3 aromatic rings. The summed E-state index contributed by atoms with van der Waals surface area (Å²) in [5.74, 6) is 2.05. The van der Waals surface area contributed by atoms with Gasteiger partial charge in [-0.3, -0.25) is 0 Å². The van der Waals surface area contributed by atoms with Crippen molar-refractivity contribution in [2.24, 2.45) is 0 Å². The molecule has 0 saturated heterocycles. The summed E-state index contributed by atoms with van der Waals surface area (Å²) >= 11 is 0. The van der Waals surface area contributed by atoms with Crippen molar-refractivity contribution in [3.05, 3.63) is 48.5 Å². The number of benzene rings is 3. The van der Waals surface area contributed by atoms with Gasteiger partial charge in [0, 0.05) is 21.5 Å². The number of fused-ring (bicyclic) bond motifs is 2. The summed E-state index contributed by atoms with van der Waals surface area (Å²) < 4.78 is 13.1. The number of hydrogen-bond acceptors (Lipinski definition) is 2. The van der Waals surface area contributed by atoms with E-state index in [2.05, 4.69) is 62.4 Å². The molecule has 0 saturated carbocycles. The van der Waals surface area contributed by atoms with E-state index in [0.29, 0.717) is 0 Å². The van der Waals surface area contributed by atoms with Crippen molar-refractivity contribution in [3.8, 4) is 11.5 Å². The Balaban J connectivity index is 1.35. The first-order chi connectivity index (χ1) is 22.9. The highest BCUT2D eigenvalue weighted by Crippen LogP contribution is 2.42. The fourth-order valence-corrected chi connectivity index (χ4v) is 6.95. The Bertz CT molecular complexity index is 1000. The summed E-state index contributed by atoms with van der Waals surface area (Å²) in [5, 5.41) is 4.71. The van der Waals surface area contributed by atoms with Crippen molar-refractivity contribution in [3.63, 3.8) is 0 Å². The van der Waals surface area contributed by atoms with Crippen molar-refractivity contribution < 1.29 is 9.47 Å². The van der Waals surface area contributed by atoms with Gasteiger partial charge in [0.2, 0.25) is 0 Å². The lowest BCUT2D eigenvalue weighted by Crippen LogP contribution is -2.02. The van der Waals surface area contributed by atoms with Crippen LogP contribution in [0.4, 0.5) is 0 Å². The summed E-state index contributed by atoms with van der Waals surface area (Å²) in [7, 11) is 0. The predicted octanol–water partition coefficient (Wildman–Crippen LogP) is 14.9. The van der Waals surface area contributed by atoms with Gasteiger partial charge in [-0.15, -0.1) is 0 Å². The van der Waals surface area contributed by atoms with Crippen LogP contribution in [-0.4, -0.2) is 13.2 Å².